The molecule has 0 amide bonds. The van der Waals surface area contributed by atoms with Crippen LogP contribution in [-0.2, 0) is 0 Å². The summed E-state index contributed by atoms with van der Waals surface area (Å²) in [6.45, 7) is 12.7. The maximum absolute atomic E-state index is 5.88. The van der Waals surface area contributed by atoms with Crippen molar-refractivity contribution in [3.8, 4) is 0 Å². The number of benzene rings is 2. The molecule has 0 aromatic heterocycles. The Morgan fingerprint density at radius 3 is 1.25 bits per heavy atom. The molecule has 0 atom stereocenters. The van der Waals surface area contributed by atoms with E-state index in [9.17, 15) is 0 Å². The number of hydrogen-bond acceptors (Lipinski definition) is 5. The maximum atomic E-state index is 5.88. The van der Waals surface area contributed by atoms with Crippen LogP contribution in [0.4, 0.5) is 11.4 Å². The summed E-state index contributed by atoms with van der Waals surface area (Å²) in [5.74, 6) is 0. The largest absolute Gasteiger partial charge is 0.369 e. The Balaban J connectivity index is 1.05. The van der Waals surface area contributed by atoms with Gasteiger partial charge in [0.05, 0.1) is 13.3 Å². The Morgan fingerprint density at radius 2 is 0.875 bits per heavy atom. The first kappa shape index (κ1) is 21.5. The summed E-state index contributed by atoms with van der Waals surface area (Å²) >= 11 is 5.88. The lowest BCUT2D eigenvalue weighted by atomic mass is 10.2. The molecule has 3 saturated heterocycles. The van der Waals surface area contributed by atoms with Gasteiger partial charge in [0.2, 0.25) is 0 Å². The van der Waals surface area contributed by atoms with Crippen LogP contribution in [-0.4, -0.2) is 103 Å². The average molecular weight is 451 g/mol. The van der Waals surface area contributed by atoms with Gasteiger partial charge >= 0.3 is 0 Å². The highest BCUT2D eigenvalue weighted by Crippen LogP contribution is 2.19. The van der Waals surface area contributed by atoms with Crippen molar-refractivity contribution in [2.75, 3.05) is 88.6 Å². The van der Waals surface area contributed by atoms with E-state index in [2.05, 4.69) is 90.1 Å². The Hall–Kier alpha value is -2.35. The van der Waals surface area contributed by atoms with Gasteiger partial charge in [-0.05, 0) is 36.5 Å². The molecular formula is C25H34N6S. The first-order valence-corrected chi connectivity index (χ1v) is 12.3. The lowest BCUT2D eigenvalue weighted by Crippen LogP contribution is -2.52. The van der Waals surface area contributed by atoms with E-state index in [1.165, 1.54) is 11.4 Å². The van der Waals surface area contributed by atoms with E-state index in [0.717, 1.165) is 83.9 Å². The Kier molecular flexibility index (Phi) is 6.76. The summed E-state index contributed by atoms with van der Waals surface area (Å²) in [4.78, 5) is 14.9. The van der Waals surface area contributed by atoms with Gasteiger partial charge in [-0.1, -0.05) is 36.4 Å². The van der Waals surface area contributed by atoms with Crippen molar-refractivity contribution in [2.45, 2.75) is 0 Å². The molecule has 0 N–H and O–H groups in total. The van der Waals surface area contributed by atoms with Gasteiger partial charge in [-0.15, -0.1) is 0 Å². The Morgan fingerprint density at radius 1 is 0.500 bits per heavy atom. The number of rotatable bonds is 6. The number of thiocarbonyl (C=S) groups is 1. The lowest BCUT2D eigenvalue weighted by molar-refractivity contribution is 0.182. The van der Waals surface area contributed by atoms with Crippen molar-refractivity contribution in [1.82, 2.24) is 19.6 Å². The first-order valence-electron chi connectivity index (χ1n) is 11.8. The summed E-state index contributed by atoms with van der Waals surface area (Å²) < 4.78 is 0. The van der Waals surface area contributed by atoms with E-state index in [-0.39, 0.29) is 0 Å². The summed E-state index contributed by atoms with van der Waals surface area (Å²) in [5.41, 5.74) is 2.67. The third kappa shape index (κ3) is 5.00. The molecule has 6 nitrogen and oxygen atoms in total. The molecule has 3 heterocycles. The SMILES string of the molecule is S=C1N(CN2CCN(c3ccccc3)CC2)CCN1CN1CCN(c2ccccc2)CC1. The molecule has 0 saturated carbocycles. The van der Waals surface area contributed by atoms with Crippen LogP contribution in [0.5, 0.6) is 0 Å². The second-order valence-corrected chi connectivity index (χ2v) is 9.34. The highest BCUT2D eigenvalue weighted by atomic mass is 32.1. The molecule has 0 aliphatic carbocycles. The van der Waals surface area contributed by atoms with E-state index in [1.54, 1.807) is 0 Å². The lowest BCUT2D eigenvalue weighted by Gasteiger charge is -2.39. The first-order chi connectivity index (χ1) is 15.8. The van der Waals surface area contributed by atoms with E-state index in [0.29, 0.717) is 0 Å². The second-order valence-electron chi connectivity index (χ2n) is 8.97. The van der Waals surface area contributed by atoms with Crippen molar-refractivity contribution in [2.24, 2.45) is 0 Å². The van der Waals surface area contributed by atoms with Crippen molar-refractivity contribution in [3.05, 3.63) is 60.7 Å². The van der Waals surface area contributed by atoms with E-state index < -0.39 is 0 Å². The smallest absolute Gasteiger partial charge is 0.173 e. The van der Waals surface area contributed by atoms with E-state index in [1.807, 2.05) is 0 Å². The van der Waals surface area contributed by atoms with Crippen molar-refractivity contribution in [1.29, 1.82) is 0 Å². The second kappa shape index (κ2) is 10.1. The Labute approximate surface area is 197 Å². The fourth-order valence-corrected chi connectivity index (χ4v) is 5.25. The van der Waals surface area contributed by atoms with Gasteiger partial charge in [-0.2, -0.15) is 0 Å². The van der Waals surface area contributed by atoms with E-state index >= 15 is 0 Å². The minimum atomic E-state index is 0.958. The van der Waals surface area contributed by atoms with Crippen LogP contribution in [0.3, 0.4) is 0 Å². The van der Waals surface area contributed by atoms with Gasteiger partial charge in [0.1, 0.15) is 0 Å². The fraction of sp³-hybridized carbons (Fsp3) is 0.480. The molecule has 2 aromatic carbocycles. The van der Waals surface area contributed by atoms with Crippen LogP contribution in [0.25, 0.3) is 0 Å². The average Bonchev–Trinajstić information content (AvgIpc) is 3.20. The number of anilines is 2. The zero-order chi connectivity index (χ0) is 21.8. The monoisotopic (exact) mass is 450 g/mol. The highest BCUT2D eigenvalue weighted by molar-refractivity contribution is 7.80. The molecule has 3 aliphatic rings. The quantitative estimate of drug-likeness (QED) is 0.622. The molecule has 0 spiro atoms. The van der Waals surface area contributed by atoms with Gasteiger partial charge < -0.3 is 19.6 Å². The van der Waals surface area contributed by atoms with Gasteiger partial charge in [-0.3, -0.25) is 9.80 Å². The summed E-state index contributed by atoms with van der Waals surface area (Å²) in [5, 5.41) is 1.03. The summed E-state index contributed by atoms with van der Waals surface area (Å²) in [6, 6.07) is 21.5. The summed E-state index contributed by atoms with van der Waals surface area (Å²) in [6.07, 6.45) is 0. The Bertz CT molecular complexity index is 791. The van der Waals surface area contributed by atoms with Crippen LogP contribution in [0, 0.1) is 0 Å². The standard InChI is InChI=1S/C25H34N6S/c32-25-30(21-26-11-15-28(16-12-26)23-7-3-1-4-8-23)19-20-31(25)22-27-13-17-29(18-14-27)24-9-5-2-6-10-24/h1-10H,11-22H2. The molecule has 2 aromatic rings. The molecule has 7 heteroatoms. The molecule has 32 heavy (non-hydrogen) atoms. The van der Waals surface area contributed by atoms with Gasteiger partial charge in [-0.25, -0.2) is 0 Å². The van der Waals surface area contributed by atoms with E-state index in [4.69, 9.17) is 12.2 Å². The van der Waals surface area contributed by atoms with Crippen molar-refractivity contribution < 1.29 is 0 Å². The predicted octanol–water partition coefficient (Wildman–Crippen LogP) is 2.45. The van der Waals surface area contributed by atoms with Gasteiger partial charge in [0.25, 0.3) is 0 Å². The molecule has 3 aliphatic heterocycles. The summed E-state index contributed by atoms with van der Waals surface area (Å²) in [7, 11) is 0. The van der Waals surface area contributed by atoms with Crippen LogP contribution >= 0.6 is 12.2 Å². The highest BCUT2D eigenvalue weighted by Gasteiger charge is 2.29. The van der Waals surface area contributed by atoms with Crippen molar-refractivity contribution >= 4 is 28.7 Å². The van der Waals surface area contributed by atoms with Crippen LogP contribution in [0.2, 0.25) is 0 Å². The predicted molar refractivity (Wildman–Crippen MR) is 136 cm³/mol. The van der Waals surface area contributed by atoms with Gasteiger partial charge in [0.15, 0.2) is 5.11 Å². The number of piperazine rings is 2. The molecule has 0 bridgehead atoms. The van der Waals surface area contributed by atoms with Crippen LogP contribution in [0.1, 0.15) is 0 Å². The zero-order valence-electron chi connectivity index (χ0n) is 18.9. The molecule has 0 unspecified atom stereocenters. The molecule has 0 radical (unpaired) electrons. The number of nitrogens with zero attached hydrogens (tertiary/aromatic N) is 6. The molecule has 170 valence electrons. The number of para-hydroxylation sites is 2. The third-order valence-electron chi connectivity index (χ3n) is 6.91. The molecule has 5 rings (SSSR count). The minimum absolute atomic E-state index is 0.958. The van der Waals surface area contributed by atoms with Crippen molar-refractivity contribution in [3.63, 3.8) is 0 Å². The third-order valence-corrected chi connectivity index (χ3v) is 7.43. The topological polar surface area (TPSA) is 19.4 Å². The maximum Gasteiger partial charge on any atom is 0.173 e. The van der Waals surface area contributed by atoms with Crippen LogP contribution in [0.15, 0.2) is 60.7 Å². The van der Waals surface area contributed by atoms with Crippen LogP contribution < -0.4 is 9.80 Å². The minimum Gasteiger partial charge on any atom is -0.369 e. The molecular weight excluding hydrogens is 416 g/mol. The zero-order valence-corrected chi connectivity index (χ0v) is 19.7. The fourth-order valence-electron chi connectivity index (χ4n) is 4.95. The number of hydrogen-bond donors (Lipinski definition) is 0. The normalized spacial score (nSPS) is 20.9. The van der Waals surface area contributed by atoms with Gasteiger partial charge in [0, 0.05) is 76.8 Å². The molecule has 3 fully saturated rings.